The van der Waals surface area contributed by atoms with Gasteiger partial charge < -0.3 is 0 Å². The van der Waals surface area contributed by atoms with E-state index in [2.05, 4.69) is 11.4 Å². The zero-order valence-corrected chi connectivity index (χ0v) is 4.76. The smallest absolute Gasteiger partial charge is 0.150 e. The monoisotopic (exact) mass is 110 g/mol. The molecule has 0 amide bonds. The lowest BCUT2D eigenvalue weighted by Gasteiger charge is -2.08. The molecule has 0 saturated carbocycles. The van der Waals surface area contributed by atoms with Crippen LogP contribution in [0.25, 0.3) is 0 Å². The molecule has 1 heterocycles. The average molecular weight is 110 g/mol. The van der Waals surface area contributed by atoms with Crippen LogP contribution in [0.15, 0.2) is 0 Å². The Hall–Kier alpha value is -0.590. The molecule has 0 aromatic heterocycles. The number of hydrogen-bond acceptors (Lipinski definition) is 3. The molecule has 1 aliphatic rings. The van der Waals surface area contributed by atoms with E-state index >= 15 is 0 Å². The topological polar surface area (TPSA) is 39.1 Å². The van der Waals surface area contributed by atoms with Crippen molar-refractivity contribution < 1.29 is 0 Å². The minimum atomic E-state index is -0.102. The Bertz CT molecular complexity index is 115. The number of nitrogens with zero attached hydrogens (tertiary/aromatic N) is 2. The van der Waals surface area contributed by atoms with Crippen molar-refractivity contribution in [3.05, 3.63) is 6.54 Å². The van der Waals surface area contributed by atoms with Crippen LogP contribution in [-0.4, -0.2) is 24.7 Å². The first-order chi connectivity index (χ1) is 3.84. The van der Waals surface area contributed by atoms with Crippen molar-refractivity contribution in [1.82, 2.24) is 10.2 Å². The minimum absolute atomic E-state index is 0.102. The highest BCUT2D eigenvalue weighted by Gasteiger charge is 2.18. The number of likely N-dealkylation sites (N-methyl/N-ethyl adjacent to an activating group) is 1. The van der Waals surface area contributed by atoms with Gasteiger partial charge in [-0.1, -0.05) is 0 Å². The van der Waals surface area contributed by atoms with Crippen LogP contribution in [0.2, 0.25) is 0 Å². The van der Waals surface area contributed by atoms with Crippen LogP contribution < -0.4 is 5.32 Å². The number of nitrogens with one attached hydrogen (secondary N) is 1. The van der Waals surface area contributed by atoms with Gasteiger partial charge in [-0.05, 0) is 7.05 Å². The molecule has 3 nitrogen and oxygen atoms in total. The predicted molar refractivity (Wildman–Crippen MR) is 29.5 cm³/mol. The highest BCUT2D eigenvalue weighted by Crippen LogP contribution is 2.00. The van der Waals surface area contributed by atoms with Crippen molar-refractivity contribution in [3.8, 4) is 6.07 Å². The van der Waals surface area contributed by atoms with E-state index in [1.54, 1.807) is 0 Å². The third-order valence-corrected chi connectivity index (χ3v) is 1.22. The lowest BCUT2D eigenvalue weighted by Crippen LogP contribution is -2.29. The SMILES string of the molecule is CN1[CH]CNC1C#N. The van der Waals surface area contributed by atoms with Crippen molar-refractivity contribution in [3.63, 3.8) is 0 Å². The highest BCUT2D eigenvalue weighted by atomic mass is 15.3. The van der Waals surface area contributed by atoms with Gasteiger partial charge in [0.25, 0.3) is 0 Å². The fraction of sp³-hybridized carbons (Fsp3) is 0.600. The Morgan fingerprint density at radius 3 is 3.00 bits per heavy atom. The van der Waals surface area contributed by atoms with Gasteiger partial charge in [0.2, 0.25) is 0 Å². The molecule has 0 aliphatic carbocycles. The second kappa shape index (κ2) is 2.12. The maximum absolute atomic E-state index is 8.36. The van der Waals surface area contributed by atoms with Crippen LogP contribution in [0.5, 0.6) is 0 Å². The maximum Gasteiger partial charge on any atom is 0.150 e. The van der Waals surface area contributed by atoms with Crippen LogP contribution in [-0.2, 0) is 0 Å². The molecule has 1 unspecified atom stereocenters. The van der Waals surface area contributed by atoms with E-state index < -0.39 is 0 Å². The summed E-state index contributed by atoms with van der Waals surface area (Å²) in [5, 5.41) is 11.3. The van der Waals surface area contributed by atoms with Crippen molar-refractivity contribution in [2.45, 2.75) is 6.17 Å². The molecule has 0 spiro atoms. The fourth-order valence-corrected chi connectivity index (χ4v) is 0.694. The Balaban J connectivity index is 2.45. The lowest BCUT2D eigenvalue weighted by atomic mass is 10.5. The van der Waals surface area contributed by atoms with Gasteiger partial charge in [-0.25, -0.2) is 0 Å². The van der Waals surface area contributed by atoms with Crippen LogP contribution in [0.1, 0.15) is 0 Å². The summed E-state index contributed by atoms with van der Waals surface area (Å²) < 4.78 is 0. The molecule has 0 aromatic carbocycles. The molecule has 43 valence electrons. The van der Waals surface area contributed by atoms with Crippen molar-refractivity contribution in [1.29, 1.82) is 5.26 Å². The van der Waals surface area contributed by atoms with Gasteiger partial charge in [0.05, 0.1) is 6.07 Å². The molecule has 1 rings (SSSR count). The zero-order chi connectivity index (χ0) is 5.98. The molecule has 1 fully saturated rings. The largest absolute Gasteiger partial charge is 0.288 e. The van der Waals surface area contributed by atoms with Crippen LogP contribution >= 0.6 is 0 Å². The number of hydrogen-bond donors (Lipinski definition) is 1. The first-order valence-corrected chi connectivity index (χ1v) is 2.53. The van der Waals surface area contributed by atoms with Gasteiger partial charge in [-0.3, -0.25) is 10.2 Å². The van der Waals surface area contributed by atoms with Crippen molar-refractivity contribution in [2.24, 2.45) is 0 Å². The van der Waals surface area contributed by atoms with E-state index in [4.69, 9.17) is 5.26 Å². The van der Waals surface area contributed by atoms with Crippen LogP contribution in [0.4, 0.5) is 0 Å². The second-order valence-electron chi connectivity index (χ2n) is 1.79. The molecule has 1 radical (unpaired) electrons. The molecule has 3 heteroatoms. The Morgan fingerprint density at radius 2 is 2.75 bits per heavy atom. The molecule has 0 bridgehead atoms. The quantitative estimate of drug-likeness (QED) is 0.458. The van der Waals surface area contributed by atoms with Gasteiger partial charge >= 0.3 is 0 Å². The second-order valence-corrected chi connectivity index (χ2v) is 1.79. The van der Waals surface area contributed by atoms with Crippen LogP contribution in [0, 0.1) is 17.9 Å². The van der Waals surface area contributed by atoms with Crippen molar-refractivity contribution >= 4 is 0 Å². The van der Waals surface area contributed by atoms with Crippen LogP contribution in [0.3, 0.4) is 0 Å². The molecule has 1 aliphatic heterocycles. The van der Waals surface area contributed by atoms with Crippen molar-refractivity contribution in [2.75, 3.05) is 13.6 Å². The summed E-state index contributed by atoms with van der Waals surface area (Å²) in [6, 6.07) is 2.10. The molecular formula is C5H8N3. The van der Waals surface area contributed by atoms with E-state index in [0.29, 0.717) is 0 Å². The summed E-state index contributed by atoms with van der Waals surface area (Å²) in [4.78, 5) is 1.86. The summed E-state index contributed by atoms with van der Waals surface area (Å²) in [5.74, 6) is 0. The van der Waals surface area contributed by atoms with Gasteiger partial charge in [-0.2, -0.15) is 5.26 Å². The summed E-state index contributed by atoms with van der Waals surface area (Å²) in [7, 11) is 1.88. The molecular weight excluding hydrogens is 102 g/mol. The van der Waals surface area contributed by atoms with E-state index in [9.17, 15) is 0 Å². The number of rotatable bonds is 0. The average Bonchev–Trinajstić information content (AvgIpc) is 2.14. The fourth-order valence-electron chi connectivity index (χ4n) is 0.694. The van der Waals surface area contributed by atoms with E-state index in [0.717, 1.165) is 6.54 Å². The zero-order valence-electron chi connectivity index (χ0n) is 4.76. The normalized spacial score (nSPS) is 30.2. The third-order valence-electron chi connectivity index (χ3n) is 1.22. The van der Waals surface area contributed by atoms with Gasteiger partial charge in [0, 0.05) is 13.1 Å². The van der Waals surface area contributed by atoms with E-state index in [-0.39, 0.29) is 6.17 Å². The standard InChI is InChI=1S/C5H8N3/c1-8-3-2-7-5(8)4-6/h3,5,7H,2H2,1H3. The van der Waals surface area contributed by atoms with Gasteiger partial charge in [0.1, 0.15) is 0 Å². The minimum Gasteiger partial charge on any atom is -0.288 e. The highest BCUT2D eigenvalue weighted by molar-refractivity contribution is 4.97. The molecule has 0 aromatic rings. The molecule has 1 N–H and O–H groups in total. The Labute approximate surface area is 48.9 Å². The molecule has 1 saturated heterocycles. The summed E-state index contributed by atoms with van der Waals surface area (Å²) in [6.45, 7) is 2.77. The van der Waals surface area contributed by atoms with Gasteiger partial charge in [-0.15, -0.1) is 0 Å². The molecule has 8 heavy (non-hydrogen) atoms. The lowest BCUT2D eigenvalue weighted by molar-refractivity contribution is 0.389. The summed E-state index contributed by atoms with van der Waals surface area (Å²) in [5.41, 5.74) is 0. The Kier molecular flexibility index (Phi) is 1.47. The van der Waals surface area contributed by atoms with E-state index in [1.807, 2.05) is 18.5 Å². The van der Waals surface area contributed by atoms with E-state index in [1.165, 1.54) is 0 Å². The summed E-state index contributed by atoms with van der Waals surface area (Å²) >= 11 is 0. The van der Waals surface area contributed by atoms with Gasteiger partial charge in [0.15, 0.2) is 6.17 Å². The first kappa shape index (κ1) is 5.54. The third kappa shape index (κ3) is 0.808. The number of nitriles is 1. The first-order valence-electron chi connectivity index (χ1n) is 2.53. The molecule has 1 atom stereocenters. The summed E-state index contributed by atoms with van der Waals surface area (Å²) in [6.07, 6.45) is -0.102. The predicted octanol–water partition coefficient (Wildman–Crippen LogP) is -0.467. The Morgan fingerprint density at radius 1 is 2.00 bits per heavy atom. The maximum atomic E-state index is 8.36.